The predicted octanol–water partition coefficient (Wildman–Crippen LogP) is 3.78. The van der Waals surface area contributed by atoms with Gasteiger partial charge in [0.05, 0.1) is 5.71 Å². The van der Waals surface area contributed by atoms with Crippen LogP contribution < -0.4 is 5.43 Å². The van der Waals surface area contributed by atoms with Crippen LogP contribution >= 0.6 is 0 Å². The van der Waals surface area contributed by atoms with Crippen molar-refractivity contribution in [3.63, 3.8) is 0 Å². The Morgan fingerprint density at radius 2 is 2.33 bits per heavy atom. The topological polar surface area (TPSA) is 37.3 Å². The zero-order valence-electron chi connectivity index (χ0n) is 11.0. The zero-order valence-corrected chi connectivity index (χ0v) is 11.0. The molecule has 0 radical (unpaired) electrons. The smallest absolute Gasteiger partial charge is 0.146 e. The largest absolute Gasteiger partial charge is 0.261 e. The second-order valence-electron chi connectivity index (χ2n) is 4.76. The van der Waals surface area contributed by atoms with Gasteiger partial charge in [0.25, 0.3) is 0 Å². The first-order valence-corrected chi connectivity index (χ1v) is 6.23. The Balaban J connectivity index is 2.09. The first-order valence-electron chi connectivity index (χ1n) is 6.23. The molecular weight excluding hydrogens is 222 g/mol. The number of aromatic nitrogens is 1. The standard InChI is InChI=1S/C15H19N3/c1-11(2)13-8-7-12(3)14(10-13)17-18-15-6-4-5-9-16-15/h4-7,9,13H,1,8,10H2,2-3H3,(H,16,18)/t13-/m0/s1. The lowest BCUT2D eigenvalue weighted by Gasteiger charge is -2.22. The van der Waals surface area contributed by atoms with Gasteiger partial charge in [0, 0.05) is 6.20 Å². The summed E-state index contributed by atoms with van der Waals surface area (Å²) in [5.74, 6) is 1.29. The Morgan fingerprint density at radius 1 is 1.50 bits per heavy atom. The number of anilines is 1. The van der Waals surface area contributed by atoms with Crippen molar-refractivity contribution in [1.82, 2.24) is 4.98 Å². The molecule has 1 aliphatic rings. The highest BCUT2D eigenvalue weighted by molar-refractivity contribution is 6.01. The van der Waals surface area contributed by atoms with Gasteiger partial charge in [0.2, 0.25) is 0 Å². The molecule has 0 saturated heterocycles. The van der Waals surface area contributed by atoms with Crippen molar-refractivity contribution >= 4 is 11.5 Å². The summed E-state index contributed by atoms with van der Waals surface area (Å²) >= 11 is 0. The van der Waals surface area contributed by atoms with Gasteiger partial charge < -0.3 is 0 Å². The van der Waals surface area contributed by atoms with Crippen LogP contribution in [0.15, 0.2) is 53.3 Å². The molecule has 18 heavy (non-hydrogen) atoms. The van der Waals surface area contributed by atoms with E-state index < -0.39 is 0 Å². The summed E-state index contributed by atoms with van der Waals surface area (Å²) in [5, 5.41) is 4.46. The van der Waals surface area contributed by atoms with E-state index in [2.05, 4.69) is 42.0 Å². The first-order chi connectivity index (χ1) is 8.66. The molecule has 0 unspecified atom stereocenters. The summed E-state index contributed by atoms with van der Waals surface area (Å²) in [4.78, 5) is 4.19. The molecule has 0 aromatic carbocycles. The molecule has 0 bridgehead atoms. The Kier molecular flexibility index (Phi) is 3.92. The minimum absolute atomic E-state index is 0.512. The maximum absolute atomic E-state index is 4.46. The number of hydrazone groups is 1. The van der Waals surface area contributed by atoms with Crippen molar-refractivity contribution in [2.75, 3.05) is 5.43 Å². The summed E-state index contributed by atoms with van der Waals surface area (Å²) in [6.07, 6.45) is 6.02. The molecule has 94 valence electrons. The molecule has 0 amide bonds. The van der Waals surface area contributed by atoms with E-state index in [-0.39, 0.29) is 0 Å². The van der Waals surface area contributed by atoms with Crippen LogP contribution in [0.5, 0.6) is 0 Å². The van der Waals surface area contributed by atoms with Gasteiger partial charge in [0.15, 0.2) is 0 Å². The van der Waals surface area contributed by atoms with E-state index in [0.717, 1.165) is 24.4 Å². The summed E-state index contributed by atoms with van der Waals surface area (Å²) in [6, 6.07) is 5.74. The zero-order chi connectivity index (χ0) is 13.0. The fourth-order valence-electron chi connectivity index (χ4n) is 1.98. The monoisotopic (exact) mass is 241 g/mol. The number of hydrogen-bond donors (Lipinski definition) is 1. The molecule has 1 atom stereocenters. The van der Waals surface area contributed by atoms with E-state index in [4.69, 9.17) is 0 Å². The number of nitrogens with zero attached hydrogens (tertiary/aromatic N) is 2. The van der Waals surface area contributed by atoms with E-state index in [1.165, 1.54) is 11.1 Å². The molecule has 1 aliphatic carbocycles. The van der Waals surface area contributed by atoms with Crippen molar-refractivity contribution < 1.29 is 0 Å². The molecule has 1 N–H and O–H groups in total. The summed E-state index contributed by atoms with van der Waals surface area (Å²) in [6.45, 7) is 8.23. The highest BCUT2D eigenvalue weighted by Crippen LogP contribution is 2.26. The van der Waals surface area contributed by atoms with Gasteiger partial charge in [-0.25, -0.2) is 4.98 Å². The van der Waals surface area contributed by atoms with E-state index in [9.17, 15) is 0 Å². The van der Waals surface area contributed by atoms with Crippen LogP contribution in [-0.2, 0) is 0 Å². The fraction of sp³-hybridized carbons (Fsp3) is 0.333. The molecule has 0 aliphatic heterocycles. The van der Waals surface area contributed by atoms with Crippen LogP contribution in [0.1, 0.15) is 26.7 Å². The number of hydrogen-bond acceptors (Lipinski definition) is 3. The third-order valence-electron chi connectivity index (χ3n) is 3.27. The van der Waals surface area contributed by atoms with Gasteiger partial charge in [-0.2, -0.15) is 5.10 Å². The molecule has 0 saturated carbocycles. The van der Waals surface area contributed by atoms with Gasteiger partial charge in [-0.3, -0.25) is 5.43 Å². The van der Waals surface area contributed by atoms with Crippen LogP contribution in [0, 0.1) is 5.92 Å². The van der Waals surface area contributed by atoms with E-state index in [1.54, 1.807) is 6.20 Å². The van der Waals surface area contributed by atoms with E-state index in [0.29, 0.717) is 5.92 Å². The van der Waals surface area contributed by atoms with E-state index >= 15 is 0 Å². The predicted molar refractivity (Wildman–Crippen MR) is 76.6 cm³/mol. The maximum atomic E-state index is 4.46. The minimum Gasteiger partial charge on any atom is -0.261 e. The average Bonchev–Trinajstić information content (AvgIpc) is 2.38. The molecule has 1 aromatic heterocycles. The SMILES string of the molecule is C=C(C)[C@H]1CC=C(C)C(=NNc2ccccn2)C1. The van der Waals surface area contributed by atoms with Crippen LogP contribution in [0.4, 0.5) is 5.82 Å². The van der Waals surface area contributed by atoms with Crippen molar-refractivity contribution in [3.05, 3.63) is 48.2 Å². The molecule has 1 aromatic rings. The molecule has 1 heterocycles. The summed E-state index contributed by atoms with van der Waals surface area (Å²) in [5.41, 5.74) is 6.58. The fourth-order valence-corrected chi connectivity index (χ4v) is 1.98. The Bertz CT molecular complexity index is 486. The number of pyridine rings is 1. The van der Waals surface area contributed by atoms with Crippen molar-refractivity contribution in [2.45, 2.75) is 26.7 Å². The normalized spacial score (nSPS) is 21.6. The second kappa shape index (κ2) is 5.63. The van der Waals surface area contributed by atoms with Crippen molar-refractivity contribution in [1.29, 1.82) is 0 Å². The van der Waals surface area contributed by atoms with Gasteiger partial charge in [-0.15, -0.1) is 0 Å². The van der Waals surface area contributed by atoms with Gasteiger partial charge in [0.1, 0.15) is 5.82 Å². The lowest BCUT2D eigenvalue weighted by molar-refractivity contribution is 0.639. The van der Waals surface area contributed by atoms with Crippen molar-refractivity contribution in [2.24, 2.45) is 11.0 Å². The Hall–Kier alpha value is -1.90. The van der Waals surface area contributed by atoms with Gasteiger partial charge in [-0.1, -0.05) is 24.3 Å². The second-order valence-corrected chi connectivity index (χ2v) is 4.76. The highest BCUT2D eigenvalue weighted by Gasteiger charge is 2.18. The lowest BCUT2D eigenvalue weighted by Crippen LogP contribution is -2.16. The van der Waals surface area contributed by atoms with Crippen LogP contribution in [0.25, 0.3) is 0 Å². The lowest BCUT2D eigenvalue weighted by atomic mass is 9.85. The number of nitrogens with one attached hydrogen (secondary N) is 1. The number of allylic oxidation sites excluding steroid dienone is 3. The highest BCUT2D eigenvalue weighted by atomic mass is 15.3. The summed E-state index contributed by atoms with van der Waals surface area (Å²) in [7, 11) is 0. The molecule has 0 fully saturated rings. The Morgan fingerprint density at radius 3 is 3.00 bits per heavy atom. The summed E-state index contributed by atoms with van der Waals surface area (Å²) < 4.78 is 0. The maximum Gasteiger partial charge on any atom is 0.146 e. The molecule has 3 nitrogen and oxygen atoms in total. The van der Waals surface area contributed by atoms with Crippen LogP contribution in [0.2, 0.25) is 0 Å². The number of rotatable bonds is 3. The third-order valence-corrected chi connectivity index (χ3v) is 3.27. The quantitative estimate of drug-likeness (QED) is 0.646. The third kappa shape index (κ3) is 3.06. The van der Waals surface area contributed by atoms with Crippen molar-refractivity contribution in [3.8, 4) is 0 Å². The average molecular weight is 241 g/mol. The molecule has 0 spiro atoms. The first kappa shape index (κ1) is 12.6. The molecular formula is C15H19N3. The van der Waals surface area contributed by atoms with Crippen LogP contribution in [0.3, 0.4) is 0 Å². The van der Waals surface area contributed by atoms with Gasteiger partial charge >= 0.3 is 0 Å². The van der Waals surface area contributed by atoms with Crippen LogP contribution in [-0.4, -0.2) is 10.7 Å². The molecule has 2 rings (SSSR count). The van der Waals surface area contributed by atoms with Gasteiger partial charge in [-0.05, 0) is 50.3 Å². The molecule has 3 heteroatoms. The minimum atomic E-state index is 0.512. The Labute approximate surface area is 108 Å². The van der Waals surface area contributed by atoms with E-state index in [1.807, 2.05) is 18.2 Å².